The molecule has 8 nitrogen and oxygen atoms in total. The third-order valence-corrected chi connectivity index (χ3v) is 6.16. The molecule has 160 valence electrons. The number of imide groups is 1. The van der Waals surface area contributed by atoms with E-state index in [2.05, 4.69) is 15.9 Å². The van der Waals surface area contributed by atoms with Gasteiger partial charge in [0.1, 0.15) is 11.5 Å². The van der Waals surface area contributed by atoms with Crippen LogP contribution in [-0.4, -0.2) is 33.3 Å². The zero-order valence-electron chi connectivity index (χ0n) is 16.2. The normalized spacial score (nSPS) is 14.9. The molecule has 4 rings (SSSR count). The molecule has 0 radical (unpaired) electrons. The molecule has 1 fully saturated rings. The fraction of sp³-hybridized carbons (Fsp3) is 0.0455. The van der Waals surface area contributed by atoms with Gasteiger partial charge in [-0.1, -0.05) is 30.3 Å². The molecule has 0 N–H and O–H groups in total. The number of nitro benzene ring substituents is 1. The lowest BCUT2D eigenvalue weighted by Crippen LogP contribution is -2.33. The predicted octanol–water partition coefficient (Wildman–Crippen LogP) is 5.54. The highest BCUT2D eigenvalue weighted by atomic mass is 79.9. The van der Waals surface area contributed by atoms with Crippen molar-refractivity contribution < 1.29 is 23.7 Å². The van der Waals surface area contributed by atoms with Gasteiger partial charge in [-0.25, -0.2) is 0 Å². The van der Waals surface area contributed by atoms with Gasteiger partial charge in [-0.15, -0.1) is 0 Å². The van der Waals surface area contributed by atoms with Crippen LogP contribution in [0.15, 0.2) is 74.5 Å². The van der Waals surface area contributed by atoms with Crippen molar-refractivity contribution in [3.05, 3.63) is 91.5 Å². The Hall–Kier alpha value is -3.50. The van der Waals surface area contributed by atoms with Crippen molar-refractivity contribution in [1.29, 1.82) is 0 Å². The lowest BCUT2D eigenvalue weighted by Gasteiger charge is -2.11. The van der Waals surface area contributed by atoms with Crippen LogP contribution in [0.1, 0.15) is 16.1 Å². The number of Topliss-reactive ketones (excluding diaryl/α,β-unsaturated/α-hetero) is 1. The largest absolute Gasteiger partial charge is 0.457 e. The zero-order valence-corrected chi connectivity index (χ0v) is 18.6. The first kappa shape index (κ1) is 21.7. The van der Waals surface area contributed by atoms with E-state index in [-0.39, 0.29) is 22.9 Å². The number of hydrogen-bond donors (Lipinski definition) is 0. The summed E-state index contributed by atoms with van der Waals surface area (Å²) in [5.41, 5.74) is 0.947. The van der Waals surface area contributed by atoms with Crippen LogP contribution in [0.4, 0.5) is 10.5 Å². The van der Waals surface area contributed by atoms with Crippen LogP contribution >= 0.6 is 27.7 Å². The number of rotatable bonds is 6. The highest BCUT2D eigenvalue weighted by molar-refractivity contribution is 9.10. The van der Waals surface area contributed by atoms with E-state index in [1.165, 1.54) is 18.2 Å². The van der Waals surface area contributed by atoms with Crippen molar-refractivity contribution in [2.45, 2.75) is 0 Å². The highest BCUT2D eigenvalue weighted by Gasteiger charge is 2.36. The van der Waals surface area contributed by atoms with Gasteiger partial charge in [0.05, 0.1) is 16.4 Å². The molecule has 0 atom stereocenters. The predicted molar refractivity (Wildman–Crippen MR) is 122 cm³/mol. The maximum Gasteiger partial charge on any atom is 0.293 e. The van der Waals surface area contributed by atoms with E-state index in [1.54, 1.807) is 48.5 Å². The number of carbonyl (C=O) groups is 3. The molecular weight excluding hydrogens is 500 g/mol. The van der Waals surface area contributed by atoms with E-state index in [9.17, 15) is 24.5 Å². The molecule has 1 saturated heterocycles. The average molecular weight is 513 g/mol. The van der Waals surface area contributed by atoms with Crippen molar-refractivity contribution in [3.63, 3.8) is 0 Å². The summed E-state index contributed by atoms with van der Waals surface area (Å²) in [6.45, 7) is -0.342. The van der Waals surface area contributed by atoms with Crippen molar-refractivity contribution in [2.75, 3.05) is 6.54 Å². The summed E-state index contributed by atoms with van der Waals surface area (Å²) in [5, 5.41) is 10.4. The Kier molecular flexibility index (Phi) is 6.06. The summed E-state index contributed by atoms with van der Waals surface area (Å²) in [6.07, 6.45) is 1.43. The maximum absolute atomic E-state index is 12.7. The Balaban J connectivity index is 1.52. The molecule has 32 heavy (non-hydrogen) atoms. The smallest absolute Gasteiger partial charge is 0.293 e. The fourth-order valence-electron chi connectivity index (χ4n) is 3.02. The van der Waals surface area contributed by atoms with Gasteiger partial charge in [0.25, 0.3) is 16.8 Å². The van der Waals surface area contributed by atoms with E-state index in [0.29, 0.717) is 27.1 Å². The van der Waals surface area contributed by atoms with Gasteiger partial charge in [0, 0.05) is 33.8 Å². The molecule has 2 heterocycles. The van der Waals surface area contributed by atoms with Crippen molar-refractivity contribution in [3.8, 4) is 11.3 Å². The standard InChI is InChI=1S/C22H13BrN2O6S/c23-17-10-14(25(29)30)6-8-16(17)19-9-7-15(31-19)11-20-21(27)24(22(28)32-20)12-18(26)13-4-2-1-3-5-13/h1-11H,12H2/b20-11+. The molecule has 2 amide bonds. The third-order valence-electron chi connectivity index (χ3n) is 4.60. The number of hydrogen-bond acceptors (Lipinski definition) is 7. The number of amides is 2. The minimum atomic E-state index is -0.571. The van der Waals surface area contributed by atoms with Gasteiger partial charge in [0.2, 0.25) is 0 Å². The summed E-state index contributed by atoms with van der Waals surface area (Å²) in [6, 6.07) is 16.0. The van der Waals surface area contributed by atoms with E-state index in [4.69, 9.17) is 4.42 Å². The average Bonchev–Trinajstić information content (AvgIpc) is 3.34. The Morgan fingerprint density at radius 1 is 1.12 bits per heavy atom. The second-order valence-corrected chi connectivity index (χ2v) is 8.53. The van der Waals surface area contributed by atoms with Crippen LogP contribution < -0.4 is 0 Å². The monoisotopic (exact) mass is 512 g/mol. The van der Waals surface area contributed by atoms with Crippen molar-refractivity contribution in [2.24, 2.45) is 0 Å². The van der Waals surface area contributed by atoms with Gasteiger partial charge in [-0.2, -0.15) is 0 Å². The number of ketones is 1. The summed E-state index contributed by atoms with van der Waals surface area (Å²) in [4.78, 5) is 48.8. The molecule has 2 aromatic carbocycles. The summed E-state index contributed by atoms with van der Waals surface area (Å²) < 4.78 is 6.22. The van der Waals surface area contributed by atoms with Crippen molar-refractivity contribution >= 4 is 56.4 Å². The van der Waals surface area contributed by atoms with E-state index < -0.39 is 16.1 Å². The van der Waals surface area contributed by atoms with Crippen LogP contribution in [0, 0.1) is 10.1 Å². The molecule has 0 bridgehead atoms. The molecule has 3 aromatic rings. The summed E-state index contributed by atoms with van der Waals surface area (Å²) in [5.74, 6) is -0.155. The number of nitrogens with zero attached hydrogens (tertiary/aromatic N) is 2. The zero-order chi connectivity index (χ0) is 22.8. The van der Waals surface area contributed by atoms with Crippen LogP contribution in [0.25, 0.3) is 17.4 Å². The second kappa shape index (κ2) is 8.93. The van der Waals surface area contributed by atoms with Crippen LogP contribution in [0.3, 0.4) is 0 Å². The van der Waals surface area contributed by atoms with E-state index in [0.717, 1.165) is 16.7 Å². The number of thioether (sulfide) groups is 1. The Morgan fingerprint density at radius 2 is 1.88 bits per heavy atom. The van der Waals surface area contributed by atoms with E-state index in [1.807, 2.05) is 0 Å². The Bertz CT molecular complexity index is 1280. The van der Waals surface area contributed by atoms with Crippen LogP contribution in [-0.2, 0) is 4.79 Å². The third kappa shape index (κ3) is 4.41. The fourth-order valence-corrected chi connectivity index (χ4v) is 4.40. The van der Waals surface area contributed by atoms with Crippen LogP contribution in [0.2, 0.25) is 0 Å². The first-order valence-electron chi connectivity index (χ1n) is 9.21. The number of nitro groups is 1. The maximum atomic E-state index is 12.7. The van der Waals surface area contributed by atoms with Gasteiger partial charge >= 0.3 is 0 Å². The minimum absolute atomic E-state index is 0.0638. The highest BCUT2D eigenvalue weighted by Crippen LogP contribution is 2.35. The molecule has 1 aliphatic rings. The first-order valence-corrected chi connectivity index (χ1v) is 10.8. The van der Waals surface area contributed by atoms with Crippen molar-refractivity contribution in [1.82, 2.24) is 4.90 Å². The first-order chi connectivity index (χ1) is 15.3. The molecule has 0 saturated carbocycles. The Morgan fingerprint density at radius 3 is 2.56 bits per heavy atom. The lowest BCUT2D eigenvalue weighted by atomic mass is 10.1. The van der Waals surface area contributed by atoms with Crippen LogP contribution in [0.5, 0.6) is 0 Å². The SMILES string of the molecule is O=C(CN1C(=O)S/C(=C/c2ccc(-c3ccc([N+](=O)[O-])cc3Br)o2)C1=O)c1ccccc1. The van der Waals surface area contributed by atoms with Gasteiger partial charge < -0.3 is 4.42 Å². The van der Waals surface area contributed by atoms with Gasteiger partial charge in [-0.05, 0) is 45.9 Å². The Labute approximate surface area is 194 Å². The summed E-state index contributed by atoms with van der Waals surface area (Å²) >= 11 is 4.02. The topological polar surface area (TPSA) is 111 Å². The van der Waals surface area contributed by atoms with Gasteiger partial charge in [-0.3, -0.25) is 29.4 Å². The minimum Gasteiger partial charge on any atom is -0.457 e. The van der Waals surface area contributed by atoms with Gasteiger partial charge in [0.15, 0.2) is 5.78 Å². The molecule has 0 aliphatic carbocycles. The molecule has 0 spiro atoms. The lowest BCUT2D eigenvalue weighted by molar-refractivity contribution is -0.384. The van der Waals surface area contributed by atoms with E-state index >= 15 is 0 Å². The number of furan rings is 1. The second-order valence-electron chi connectivity index (χ2n) is 6.68. The molecule has 0 unspecified atom stereocenters. The number of carbonyl (C=O) groups excluding carboxylic acids is 3. The number of benzene rings is 2. The molecule has 10 heteroatoms. The quantitative estimate of drug-likeness (QED) is 0.184. The number of halogens is 1. The summed E-state index contributed by atoms with van der Waals surface area (Å²) in [7, 11) is 0. The molecular formula is C22H13BrN2O6S. The molecule has 1 aliphatic heterocycles. The molecule has 1 aromatic heterocycles. The number of non-ortho nitro benzene ring substituents is 1.